The fraction of sp³-hybridized carbons (Fsp3) is 0.373. The first-order chi connectivity index (χ1) is 32.9. The van der Waals surface area contributed by atoms with E-state index in [-0.39, 0.29) is 39.2 Å². The van der Waals surface area contributed by atoms with E-state index in [1.165, 1.54) is 149 Å². The Morgan fingerprint density at radius 2 is 0.886 bits per heavy atom. The Bertz CT molecular complexity index is 3370. The molecule has 0 unspecified atom stereocenters. The predicted octanol–water partition coefficient (Wildman–Crippen LogP) is 16.4. The molecule has 3 aliphatic carbocycles. The van der Waals surface area contributed by atoms with Crippen LogP contribution in [0.25, 0.3) is 22.3 Å². The number of aryl methyl sites for hydroxylation is 2. The maximum absolute atomic E-state index is 2.74. The van der Waals surface area contributed by atoms with E-state index in [1.54, 1.807) is 0 Å². The maximum atomic E-state index is 2.74. The van der Waals surface area contributed by atoms with Crippen molar-refractivity contribution in [1.82, 2.24) is 0 Å². The summed E-state index contributed by atoms with van der Waals surface area (Å²) >= 11 is 0. The van der Waals surface area contributed by atoms with E-state index in [9.17, 15) is 0 Å². The Morgan fingerprint density at radius 1 is 0.400 bits per heavy atom. The van der Waals surface area contributed by atoms with Gasteiger partial charge in [-0.2, -0.15) is 0 Å². The van der Waals surface area contributed by atoms with Crippen molar-refractivity contribution < 1.29 is 0 Å². The van der Waals surface area contributed by atoms with E-state index >= 15 is 0 Å². The van der Waals surface area contributed by atoms with E-state index in [2.05, 4.69) is 235 Å². The Labute approximate surface area is 420 Å². The van der Waals surface area contributed by atoms with Crippen LogP contribution in [0.3, 0.4) is 0 Å². The third-order valence-electron chi connectivity index (χ3n) is 18.6. The highest BCUT2D eigenvalue weighted by Gasteiger charge is 2.49. The second-order valence-corrected chi connectivity index (χ2v) is 26.5. The molecule has 3 heteroatoms. The van der Waals surface area contributed by atoms with Crippen molar-refractivity contribution in [3.8, 4) is 22.3 Å². The van der Waals surface area contributed by atoms with Crippen LogP contribution in [0.1, 0.15) is 166 Å². The second-order valence-electron chi connectivity index (χ2n) is 26.5. The van der Waals surface area contributed by atoms with E-state index in [1.807, 2.05) is 0 Å². The summed E-state index contributed by atoms with van der Waals surface area (Å²) in [6.07, 6.45) is 4.70. The maximum Gasteiger partial charge on any atom is 0.252 e. The first kappa shape index (κ1) is 45.4. The van der Waals surface area contributed by atoms with Crippen molar-refractivity contribution in [3.05, 3.63) is 171 Å². The van der Waals surface area contributed by atoms with Gasteiger partial charge in [-0.1, -0.05) is 175 Å². The van der Waals surface area contributed by atoms with Crippen LogP contribution < -0.4 is 26.2 Å². The SMILES string of the molecule is Cc1cc(C(C)(C)C)ccc1N1c2cc3c(cc2B2c4cc5c(cc4N(c4cc6c(cc4C)C(C)(C)CCC6(C)C)c4cc(-c6ccccc6)cc1c42)C(C)(C)c1ccccc1-5)C(C)(C)CCC3(C)C. The third-order valence-corrected chi connectivity index (χ3v) is 18.6. The molecule has 354 valence electrons. The molecule has 0 aromatic heterocycles. The molecular weight excluding hydrogens is 844 g/mol. The van der Waals surface area contributed by atoms with E-state index < -0.39 is 0 Å². The van der Waals surface area contributed by atoms with Crippen LogP contribution in [0, 0.1) is 13.8 Å². The lowest BCUT2D eigenvalue weighted by Crippen LogP contribution is -2.62. The van der Waals surface area contributed by atoms with Gasteiger partial charge in [-0.25, -0.2) is 0 Å². The van der Waals surface area contributed by atoms with Crippen LogP contribution in [0.15, 0.2) is 121 Å². The van der Waals surface area contributed by atoms with Crippen LogP contribution in [0.4, 0.5) is 34.1 Å². The molecule has 2 nitrogen and oxygen atoms in total. The smallest absolute Gasteiger partial charge is 0.252 e. The summed E-state index contributed by atoms with van der Waals surface area (Å²) < 4.78 is 0. The van der Waals surface area contributed by atoms with Crippen molar-refractivity contribution in [2.45, 2.75) is 162 Å². The van der Waals surface area contributed by atoms with Gasteiger partial charge in [0.1, 0.15) is 0 Å². The minimum absolute atomic E-state index is 0.00194. The highest BCUT2D eigenvalue weighted by atomic mass is 15.2. The van der Waals surface area contributed by atoms with Crippen LogP contribution in [0.5, 0.6) is 0 Å². The largest absolute Gasteiger partial charge is 0.311 e. The Kier molecular flexibility index (Phi) is 9.49. The molecule has 0 fully saturated rings. The summed E-state index contributed by atoms with van der Waals surface area (Å²) in [6, 6.07) is 48.7. The summed E-state index contributed by atoms with van der Waals surface area (Å²) in [4.78, 5) is 5.45. The molecule has 12 rings (SSSR count). The second kappa shape index (κ2) is 14.7. The van der Waals surface area contributed by atoms with Crippen LogP contribution in [-0.2, 0) is 32.5 Å². The molecule has 7 aromatic rings. The molecule has 2 heterocycles. The molecule has 0 amide bonds. The first-order valence-electron chi connectivity index (χ1n) is 26.5. The van der Waals surface area contributed by atoms with Crippen molar-refractivity contribution >= 4 is 57.2 Å². The van der Waals surface area contributed by atoms with E-state index in [0.717, 1.165) is 0 Å². The summed E-state index contributed by atoms with van der Waals surface area (Å²) in [7, 11) is 0. The first-order valence-corrected chi connectivity index (χ1v) is 26.5. The molecule has 70 heavy (non-hydrogen) atoms. The monoisotopic (exact) mass is 917 g/mol. The number of fused-ring (bicyclic) bond motifs is 9. The zero-order chi connectivity index (χ0) is 49.4. The van der Waals surface area contributed by atoms with Gasteiger partial charge in [0, 0.05) is 39.5 Å². The van der Waals surface area contributed by atoms with Crippen LogP contribution in [0.2, 0.25) is 0 Å². The number of hydrogen-bond donors (Lipinski definition) is 0. The van der Waals surface area contributed by atoms with Crippen molar-refractivity contribution in [2.24, 2.45) is 0 Å². The molecule has 0 radical (unpaired) electrons. The average Bonchev–Trinajstić information content (AvgIpc) is 3.53. The predicted molar refractivity (Wildman–Crippen MR) is 302 cm³/mol. The molecule has 0 bridgehead atoms. The number of hydrogen-bond acceptors (Lipinski definition) is 2. The Morgan fingerprint density at radius 3 is 1.47 bits per heavy atom. The Hall–Kier alpha value is -5.80. The minimum Gasteiger partial charge on any atom is -0.311 e. The third kappa shape index (κ3) is 6.44. The van der Waals surface area contributed by atoms with Gasteiger partial charge in [0.25, 0.3) is 6.71 Å². The highest BCUT2D eigenvalue weighted by molar-refractivity contribution is 7.00. The van der Waals surface area contributed by atoms with E-state index in [4.69, 9.17) is 0 Å². The fourth-order valence-corrected chi connectivity index (χ4v) is 13.9. The summed E-state index contributed by atoms with van der Waals surface area (Å²) in [5.41, 5.74) is 30.1. The van der Waals surface area contributed by atoms with Crippen LogP contribution >= 0.6 is 0 Å². The quantitative estimate of drug-likeness (QED) is 0.163. The molecule has 5 aliphatic rings. The minimum atomic E-state index is -0.159. The molecule has 0 spiro atoms. The Balaban J connectivity index is 1.26. The number of rotatable bonds is 3. The van der Waals surface area contributed by atoms with Gasteiger partial charge in [-0.3, -0.25) is 0 Å². The lowest BCUT2D eigenvalue weighted by molar-refractivity contribution is 0.332. The zero-order valence-corrected chi connectivity index (χ0v) is 44.8. The van der Waals surface area contributed by atoms with Gasteiger partial charge >= 0.3 is 0 Å². The highest BCUT2D eigenvalue weighted by Crippen LogP contribution is 2.56. The van der Waals surface area contributed by atoms with Crippen molar-refractivity contribution in [2.75, 3.05) is 9.80 Å². The summed E-state index contributed by atoms with van der Waals surface area (Å²) in [6.45, 7) is 36.5. The fourth-order valence-electron chi connectivity index (χ4n) is 13.9. The number of anilines is 6. The molecule has 0 saturated carbocycles. The summed E-state index contributed by atoms with van der Waals surface area (Å²) in [5, 5.41) is 0. The lowest BCUT2D eigenvalue weighted by Gasteiger charge is -2.48. The molecule has 2 aliphatic heterocycles. The number of nitrogens with zero attached hydrogens (tertiary/aromatic N) is 2. The van der Waals surface area contributed by atoms with Gasteiger partial charge in [0.2, 0.25) is 0 Å². The molecule has 0 N–H and O–H groups in total. The molecule has 0 saturated heterocycles. The zero-order valence-electron chi connectivity index (χ0n) is 44.8. The standard InChI is InChI=1S/C67H73BN2/c1-40-31-44(62(3,4)5)25-26-55(40)69-58-39-52-50(64(8,9)28-30-66(52,12)13)36-54(58)68-53-35-46-45-23-19-20-24-47(45)67(14,15)48(46)37-57(53)70(60-34-43(33-59(69)61(60)68)42-21-17-16-18-22-42)56-38-51-49(32-41(56)2)63(6,7)27-29-65(51,10)11/h16-26,31-39H,27-30H2,1-15H3. The van der Waals surface area contributed by atoms with Gasteiger partial charge in [0.15, 0.2) is 0 Å². The van der Waals surface area contributed by atoms with Crippen molar-refractivity contribution in [1.29, 1.82) is 0 Å². The van der Waals surface area contributed by atoms with Gasteiger partial charge in [-0.15, -0.1) is 0 Å². The van der Waals surface area contributed by atoms with E-state index in [0.29, 0.717) is 0 Å². The summed E-state index contributed by atoms with van der Waals surface area (Å²) in [5.74, 6) is 0. The average molecular weight is 917 g/mol. The lowest BCUT2D eigenvalue weighted by atomic mass is 9.33. The normalized spacial score (nSPS) is 19.0. The van der Waals surface area contributed by atoms with Gasteiger partial charge in [-0.05, 0) is 192 Å². The van der Waals surface area contributed by atoms with Crippen LogP contribution in [-0.4, -0.2) is 6.71 Å². The van der Waals surface area contributed by atoms with Gasteiger partial charge in [0.05, 0.1) is 0 Å². The molecule has 0 atom stereocenters. The van der Waals surface area contributed by atoms with Gasteiger partial charge < -0.3 is 9.80 Å². The molecule has 7 aromatic carbocycles. The van der Waals surface area contributed by atoms with Crippen molar-refractivity contribution in [3.63, 3.8) is 0 Å². The molecular formula is C67H73BN2. The topological polar surface area (TPSA) is 6.48 Å². The number of benzene rings is 7.